The highest BCUT2D eigenvalue weighted by Crippen LogP contribution is 2.25. The van der Waals surface area contributed by atoms with E-state index in [2.05, 4.69) is 0 Å². The number of hydrogen-bond acceptors (Lipinski definition) is 2. The largest absolute Gasteiger partial charge is 0.459 e. The lowest BCUT2D eigenvalue weighted by atomic mass is 10.2. The van der Waals surface area contributed by atoms with Gasteiger partial charge in [0.15, 0.2) is 0 Å². The third-order valence-corrected chi connectivity index (χ3v) is 2.14. The maximum Gasteiger partial charge on any atom is 0.341 e. The summed E-state index contributed by atoms with van der Waals surface area (Å²) in [6.07, 6.45) is -0.185. The van der Waals surface area contributed by atoms with Crippen LogP contribution in [0, 0.1) is 0 Å². The summed E-state index contributed by atoms with van der Waals surface area (Å²) in [4.78, 5) is 11.5. The van der Waals surface area contributed by atoms with Gasteiger partial charge in [-0.15, -0.1) is 0 Å². The number of carbonyl (C=O) groups is 1. The van der Waals surface area contributed by atoms with Crippen LogP contribution in [0.1, 0.15) is 24.2 Å². The van der Waals surface area contributed by atoms with Crippen molar-refractivity contribution < 1.29 is 9.53 Å². The highest BCUT2D eigenvalue weighted by Gasteiger charge is 2.16. The number of ether oxygens (including phenoxy) is 1. The number of esters is 1. The Kier molecular flexibility index (Phi) is 3.78. The van der Waals surface area contributed by atoms with Crippen LogP contribution in [0.15, 0.2) is 18.2 Å². The van der Waals surface area contributed by atoms with Gasteiger partial charge in [0.25, 0.3) is 0 Å². The molecule has 0 saturated heterocycles. The molecule has 0 fully saturated rings. The molecule has 0 amide bonds. The Hall–Kier alpha value is -0.730. The van der Waals surface area contributed by atoms with Crippen molar-refractivity contribution in [3.05, 3.63) is 33.8 Å². The first-order valence-electron chi connectivity index (χ1n) is 4.17. The van der Waals surface area contributed by atoms with Crippen molar-refractivity contribution in [2.45, 2.75) is 20.0 Å². The number of hydrogen-bond donors (Lipinski definition) is 0. The molecule has 1 aromatic carbocycles. The summed E-state index contributed by atoms with van der Waals surface area (Å²) in [5, 5.41) is 0.617. The Bertz CT molecular complexity index is 328. The van der Waals surface area contributed by atoms with Crippen LogP contribution in [0.5, 0.6) is 0 Å². The molecule has 0 saturated carbocycles. The first-order chi connectivity index (χ1) is 6.52. The number of halogens is 2. The van der Waals surface area contributed by atoms with Crippen LogP contribution in [0.4, 0.5) is 0 Å². The molecular weight excluding hydrogens is 223 g/mol. The molecule has 1 rings (SSSR count). The molecule has 0 unspecified atom stereocenters. The molecule has 0 aliphatic carbocycles. The normalized spacial score (nSPS) is 10.4. The zero-order chi connectivity index (χ0) is 10.7. The summed E-state index contributed by atoms with van der Waals surface area (Å²) >= 11 is 11.6. The molecule has 2 nitrogen and oxygen atoms in total. The SMILES string of the molecule is CC(C)OC(=O)c1c(Cl)cccc1Cl. The Labute approximate surface area is 92.8 Å². The first kappa shape index (κ1) is 11.3. The van der Waals surface area contributed by atoms with Crippen LogP contribution in [0.25, 0.3) is 0 Å². The predicted octanol–water partition coefficient (Wildman–Crippen LogP) is 3.56. The molecular formula is C10H10Cl2O2. The maximum atomic E-state index is 11.5. The highest BCUT2D eigenvalue weighted by molar-refractivity contribution is 6.39. The van der Waals surface area contributed by atoms with Crippen LogP contribution in [-0.4, -0.2) is 12.1 Å². The van der Waals surface area contributed by atoms with Crippen molar-refractivity contribution in [1.82, 2.24) is 0 Å². The number of carbonyl (C=O) groups excluding carboxylic acids is 1. The predicted molar refractivity (Wildman–Crippen MR) is 57.0 cm³/mol. The van der Waals surface area contributed by atoms with Crippen molar-refractivity contribution in [2.24, 2.45) is 0 Å². The lowest BCUT2D eigenvalue weighted by molar-refractivity contribution is 0.0378. The van der Waals surface area contributed by atoms with E-state index in [1.807, 2.05) is 0 Å². The Balaban J connectivity index is 3.00. The van der Waals surface area contributed by atoms with E-state index in [1.54, 1.807) is 32.0 Å². The van der Waals surface area contributed by atoms with Crippen molar-refractivity contribution in [3.8, 4) is 0 Å². The minimum atomic E-state index is -0.490. The topological polar surface area (TPSA) is 26.3 Å². The van der Waals surface area contributed by atoms with E-state index in [4.69, 9.17) is 27.9 Å². The van der Waals surface area contributed by atoms with E-state index in [0.717, 1.165) is 0 Å². The second kappa shape index (κ2) is 4.67. The van der Waals surface area contributed by atoms with E-state index in [0.29, 0.717) is 10.0 Å². The monoisotopic (exact) mass is 232 g/mol. The lowest BCUT2D eigenvalue weighted by Crippen LogP contribution is -2.12. The summed E-state index contributed by atoms with van der Waals surface area (Å²) in [5.74, 6) is -0.490. The van der Waals surface area contributed by atoms with E-state index in [9.17, 15) is 4.79 Å². The van der Waals surface area contributed by atoms with Gasteiger partial charge in [-0.05, 0) is 26.0 Å². The Morgan fingerprint density at radius 1 is 1.29 bits per heavy atom. The number of benzene rings is 1. The fourth-order valence-electron chi connectivity index (χ4n) is 0.966. The molecule has 0 bridgehead atoms. The zero-order valence-corrected chi connectivity index (χ0v) is 9.39. The fourth-order valence-corrected chi connectivity index (χ4v) is 1.52. The van der Waals surface area contributed by atoms with Crippen LogP contribution in [0.2, 0.25) is 10.0 Å². The van der Waals surface area contributed by atoms with Gasteiger partial charge in [-0.25, -0.2) is 4.79 Å². The van der Waals surface area contributed by atoms with E-state index >= 15 is 0 Å². The summed E-state index contributed by atoms with van der Waals surface area (Å²) < 4.78 is 4.99. The third-order valence-electron chi connectivity index (χ3n) is 1.51. The molecule has 4 heteroatoms. The third kappa shape index (κ3) is 2.63. The molecule has 14 heavy (non-hydrogen) atoms. The van der Waals surface area contributed by atoms with Crippen molar-refractivity contribution >= 4 is 29.2 Å². The lowest BCUT2D eigenvalue weighted by Gasteiger charge is -2.09. The summed E-state index contributed by atoms with van der Waals surface area (Å²) in [6, 6.07) is 4.88. The average Bonchev–Trinajstić information content (AvgIpc) is 2.01. The smallest absolute Gasteiger partial charge is 0.341 e. The van der Waals surface area contributed by atoms with Gasteiger partial charge in [-0.1, -0.05) is 29.3 Å². The van der Waals surface area contributed by atoms with Crippen LogP contribution >= 0.6 is 23.2 Å². The van der Waals surface area contributed by atoms with Gasteiger partial charge in [-0.3, -0.25) is 0 Å². The van der Waals surface area contributed by atoms with Crippen LogP contribution in [-0.2, 0) is 4.74 Å². The summed E-state index contributed by atoms with van der Waals surface area (Å²) in [5.41, 5.74) is 0.226. The molecule has 0 heterocycles. The molecule has 0 aromatic heterocycles. The van der Waals surface area contributed by atoms with Crippen molar-refractivity contribution in [3.63, 3.8) is 0 Å². The van der Waals surface area contributed by atoms with E-state index in [-0.39, 0.29) is 11.7 Å². The average molecular weight is 233 g/mol. The molecule has 1 aromatic rings. The molecule has 0 aliphatic heterocycles. The van der Waals surface area contributed by atoms with Crippen molar-refractivity contribution in [1.29, 1.82) is 0 Å². The second-order valence-corrected chi connectivity index (χ2v) is 3.87. The van der Waals surface area contributed by atoms with Gasteiger partial charge in [0.1, 0.15) is 0 Å². The van der Waals surface area contributed by atoms with E-state index in [1.165, 1.54) is 0 Å². The first-order valence-corrected chi connectivity index (χ1v) is 4.93. The number of rotatable bonds is 2. The maximum absolute atomic E-state index is 11.5. The minimum absolute atomic E-state index is 0.185. The molecule has 76 valence electrons. The van der Waals surface area contributed by atoms with Gasteiger partial charge in [0.2, 0.25) is 0 Å². The molecule has 0 spiro atoms. The molecule has 0 radical (unpaired) electrons. The molecule has 0 N–H and O–H groups in total. The van der Waals surface area contributed by atoms with Gasteiger partial charge < -0.3 is 4.74 Å². The summed E-state index contributed by atoms with van der Waals surface area (Å²) in [6.45, 7) is 3.53. The van der Waals surface area contributed by atoms with E-state index < -0.39 is 5.97 Å². The van der Waals surface area contributed by atoms with Crippen molar-refractivity contribution in [2.75, 3.05) is 0 Å². The Morgan fingerprint density at radius 2 is 1.79 bits per heavy atom. The van der Waals surface area contributed by atoms with Gasteiger partial charge >= 0.3 is 5.97 Å². The zero-order valence-electron chi connectivity index (χ0n) is 7.88. The summed E-state index contributed by atoms with van der Waals surface area (Å²) in [7, 11) is 0. The Morgan fingerprint density at radius 3 is 2.21 bits per heavy atom. The van der Waals surface area contributed by atoms with Gasteiger partial charge in [0.05, 0.1) is 21.7 Å². The quantitative estimate of drug-likeness (QED) is 0.730. The molecule has 0 atom stereocenters. The highest BCUT2D eigenvalue weighted by atomic mass is 35.5. The van der Waals surface area contributed by atoms with Crippen LogP contribution < -0.4 is 0 Å². The second-order valence-electron chi connectivity index (χ2n) is 3.05. The van der Waals surface area contributed by atoms with Gasteiger partial charge in [-0.2, -0.15) is 0 Å². The fraction of sp³-hybridized carbons (Fsp3) is 0.300. The van der Waals surface area contributed by atoms with Gasteiger partial charge in [0, 0.05) is 0 Å². The standard InChI is InChI=1S/C10H10Cl2O2/c1-6(2)14-10(13)9-7(11)4-3-5-8(9)12/h3-6H,1-2H3. The molecule has 0 aliphatic rings. The minimum Gasteiger partial charge on any atom is -0.459 e. The van der Waals surface area contributed by atoms with Crippen LogP contribution in [0.3, 0.4) is 0 Å².